The number of rotatable bonds is 5. The molecule has 0 aromatic heterocycles. The van der Waals surface area contributed by atoms with Gasteiger partial charge in [-0.25, -0.2) is 9.18 Å². The molecule has 1 aliphatic rings. The minimum Gasteiger partial charge on any atom is -0.409 e. The van der Waals surface area contributed by atoms with E-state index < -0.39 is 5.82 Å². The lowest BCUT2D eigenvalue weighted by molar-refractivity contribution is -0.117. The number of oxime groups is 1. The molecule has 0 radical (unpaired) electrons. The van der Waals surface area contributed by atoms with Crippen molar-refractivity contribution >= 4 is 39.3 Å². The highest BCUT2D eigenvalue weighted by Gasteiger charge is 2.30. The van der Waals surface area contributed by atoms with Crippen LogP contribution in [0.3, 0.4) is 0 Å². The van der Waals surface area contributed by atoms with E-state index in [1.807, 2.05) is 37.3 Å². The number of halogens is 2. The minimum absolute atomic E-state index is 0.125. The molecule has 1 atom stereocenters. The van der Waals surface area contributed by atoms with Gasteiger partial charge in [-0.1, -0.05) is 35.5 Å². The fraction of sp³-hybridized carbons (Fsp3) is 0.318. The topological polar surface area (TPSA) is 94.0 Å². The van der Waals surface area contributed by atoms with Crippen LogP contribution in [0.1, 0.15) is 31.4 Å². The first kappa shape index (κ1) is 22.7. The molecule has 2 aromatic rings. The molecule has 7 nitrogen and oxygen atoms in total. The Balaban J connectivity index is 1.53. The number of amides is 2. The van der Waals surface area contributed by atoms with Crippen molar-refractivity contribution in [2.45, 2.75) is 25.8 Å². The van der Waals surface area contributed by atoms with Crippen molar-refractivity contribution in [1.82, 2.24) is 10.2 Å². The molecule has 0 aliphatic carbocycles. The van der Waals surface area contributed by atoms with Gasteiger partial charge in [0.15, 0.2) is 0 Å². The molecule has 0 bridgehead atoms. The summed E-state index contributed by atoms with van der Waals surface area (Å²) in [5.41, 5.74) is 1.43. The Labute approximate surface area is 188 Å². The third-order valence-corrected chi connectivity index (χ3v) is 5.92. The Morgan fingerprint density at radius 1 is 1.19 bits per heavy atom. The van der Waals surface area contributed by atoms with E-state index in [2.05, 4.69) is 31.7 Å². The van der Waals surface area contributed by atoms with Crippen LogP contribution in [0.25, 0.3) is 0 Å². The summed E-state index contributed by atoms with van der Waals surface area (Å²) in [4.78, 5) is 27.0. The van der Waals surface area contributed by atoms with E-state index in [0.29, 0.717) is 31.6 Å². The van der Waals surface area contributed by atoms with Crippen molar-refractivity contribution in [1.29, 1.82) is 0 Å². The summed E-state index contributed by atoms with van der Waals surface area (Å²) in [6.45, 7) is 2.77. The molecule has 1 fully saturated rings. The molecule has 3 rings (SSSR count). The monoisotopic (exact) mass is 490 g/mol. The predicted molar refractivity (Wildman–Crippen MR) is 120 cm³/mol. The molecular formula is C22H24BrFN4O3. The first-order valence-electron chi connectivity index (χ1n) is 9.97. The van der Waals surface area contributed by atoms with Gasteiger partial charge in [-0.3, -0.25) is 4.79 Å². The average Bonchev–Trinajstić information content (AvgIpc) is 2.80. The summed E-state index contributed by atoms with van der Waals surface area (Å²) in [6.07, 6.45) is 0.916. The molecule has 1 unspecified atom stereocenters. The molecule has 9 heteroatoms. The maximum atomic E-state index is 13.4. The number of amidine groups is 1. The normalized spacial score (nSPS) is 16.0. The number of ketones is 1. The highest BCUT2D eigenvalue weighted by atomic mass is 79.9. The van der Waals surface area contributed by atoms with E-state index in [-0.39, 0.29) is 34.1 Å². The number of carbonyl (C=O) groups is 2. The molecule has 3 N–H and O–H groups in total. The van der Waals surface area contributed by atoms with Crippen LogP contribution in [0.5, 0.6) is 0 Å². The molecule has 1 aliphatic heterocycles. The van der Waals surface area contributed by atoms with E-state index in [9.17, 15) is 19.2 Å². The van der Waals surface area contributed by atoms with Crippen LogP contribution < -0.4 is 10.6 Å². The highest BCUT2D eigenvalue weighted by Crippen LogP contribution is 2.23. The third kappa shape index (κ3) is 5.81. The van der Waals surface area contributed by atoms with Crippen molar-refractivity contribution in [3.8, 4) is 0 Å². The lowest BCUT2D eigenvalue weighted by atomic mass is 9.92. The number of likely N-dealkylation sites (tertiary alicyclic amines) is 1. The molecular weight excluding hydrogens is 467 g/mol. The SMILES string of the molecule is CC(NC(=O)N1CCC(C(=O)/C(=N/O)Nc2ccc(F)c(Br)c2)CC1)c1ccccc1. The Kier molecular flexibility index (Phi) is 7.62. The predicted octanol–water partition coefficient (Wildman–Crippen LogP) is 4.54. The Hall–Kier alpha value is -2.94. The van der Waals surface area contributed by atoms with Gasteiger partial charge in [0.25, 0.3) is 0 Å². The van der Waals surface area contributed by atoms with E-state index in [4.69, 9.17) is 0 Å². The van der Waals surface area contributed by atoms with E-state index in [0.717, 1.165) is 5.56 Å². The van der Waals surface area contributed by atoms with Gasteiger partial charge < -0.3 is 20.7 Å². The largest absolute Gasteiger partial charge is 0.409 e. The van der Waals surface area contributed by atoms with Gasteiger partial charge in [0, 0.05) is 24.7 Å². The number of urea groups is 1. The van der Waals surface area contributed by atoms with Gasteiger partial charge >= 0.3 is 6.03 Å². The van der Waals surface area contributed by atoms with Crippen LogP contribution in [0.15, 0.2) is 58.2 Å². The highest BCUT2D eigenvalue weighted by molar-refractivity contribution is 9.10. The van der Waals surface area contributed by atoms with Crippen molar-refractivity contribution < 1.29 is 19.2 Å². The number of anilines is 1. The number of nitrogens with one attached hydrogen (secondary N) is 2. The molecule has 31 heavy (non-hydrogen) atoms. The summed E-state index contributed by atoms with van der Waals surface area (Å²) in [6, 6.07) is 13.5. The smallest absolute Gasteiger partial charge is 0.317 e. The Bertz CT molecular complexity index is 962. The first-order valence-corrected chi connectivity index (χ1v) is 10.8. The number of hydrogen-bond donors (Lipinski definition) is 3. The summed E-state index contributed by atoms with van der Waals surface area (Å²) in [5, 5.41) is 18.1. The number of nitrogens with zero attached hydrogens (tertiary/aromatic N) is 2. The third-order valence-electron chi connectivity index (χ3n) is 5.31. The van der Waals surface area contributed by atoms with Crippen LogP contribution in [0.2, 0.25) is 0 Å². The van der Waals surface area contributed by atoms with Gasteiger partial charge in [-0.05, 0) is 59.5 Å². The van der Waals surface area contributed by atoms with Gasteiger partial charge in [-0.15, -0.1) is 0 Å². The number of hydrogen-bond acceptors (Lipinski definition) is 4. The number of carbonyl (C=O) groups excluding carboxylic acids is 2. The standard InChI is InChI=1S/C22H24BrFN4O3/c1-14(15-5-3-2-4-6-15)25-22(30)28-11-9-16(10-12-28)20(29)21(27-31)26-17-7-8-19(24)18(23)13-17/h2-8,13-14,16,31H,9-12H2,1H3,(H,25,30)(H,26,27). The van der Waals surface area contributed by atoms with Crippen molar-refractivity contribution in [2.24, 2.45) is 11.1 Å². The molecule has 2 aromatic carbocycles. The van der Waals surface area contributed by atoms with Crippen LogP contribution in [0, 0.1) is 11.7 Å². The lowest BCUT2D eigenvalue weighted by Gasteiger charge is -2.32. The second kappa shape index (κ2) is 10.4. The van der Waals surface area contributed by atoms with Crippen molar-refractivity contribution in [2.75, 3.05) is 18.4 Å². The van der Waals surface area contributed by atoms with E-state index in [1.165, 1.54) is 18.2 Å². The molecule has 1 heterocycles. The zero-order valence-electron chi connectivity index (χ0n) is 17.0. The average molecular weight is 491 g/mol. The summed E-state index contributed by atoms with van der Waals surface area (Å²) >= 11 is 3.08. The molecule has 0 saturated carbocycles. The summed E-state index contributed by atoms with van der Waals surface area (Å²) in [5.74, 6) is -1.37. The van der Waals surface area contributed by atoms with E-state index in [1.54, 1.807) is 4.90 Å². The summed E-state index contributed by atoms with van der Waals surface area (Å²) in [7, 11) is 0. The first-order chi connectivity index (χ1) is 14.9. The number of benzene rings is 2. The Morgan fingerprint density at radius 3 is 2.48 bits per heavy atom. The second-order valence-electron chi connectivity index (χ2n) is 7.41. The summed E-state index contributed by atoms with van der Waals surface area (Å²) < 4.78 is 13.6. The van der Waals surface area contributed by atoms with Gasteiger partial charge in [-0.2, -0.15) is 0 Å². The van der Waals surface area contributed by atoms with Crippen LogP contribution in [0.4, 0.5) is 14.9 Å². The van der Waals surface area contributed by atoms with Crippen LogP contribution >= 0.6 is 15.9 Å². The van der Waals surface area contributed by atoms with Gasteiger partial charge in [0.2, 0.25) is 11.6 Å². The number of Topliss-reactive ketones (excluding diaryl/α,β-unsaturated/α-hetero) is 1. The fourth-order valence-electron chi connectivity index (χ4n) is 3.49. The molecule has 1 saturated heterocycles. The second-order valence-corrected chi connectivity index (χ2v) is 8.26. The van der Waals surface area contributed by atoms with Crippen LogP contribution in [-0.2, 0) is 4.79 Å². The number of piperidine rings is 1. The Morgan fingerprint density at radius 2 is 1.87 bits per heavy atom. The maximum Gasteiger partial charge on any atom is 0.317 e. The van der Waals surface area contributed by atoms with Gasteiger partial charge in [0.05, 0.1) is 10.5 Å². The van der Waals surface area contributed by atoms with Gasteiger partial charge in [0.1, 0.15) is 5.82 Å². The van der Waals surface area contributed by atoms with E-state index >= 15 is 0 Å². The molecule has 2 amide bonds. The zero-order valence-corrected chi connectivity index (χ0v) is 18.6. The lowest BCUT2D eigenvalue weighted by Crippen LogP contribution is -2.47. The van der Waals surface area contributed by atoms with Crippen molar-refractivity contribution in [3.63, 3.8) is 0 Å². The molecule has 164 valence electrons. The molecule has 0 spiro atoms. The maximum absolute atomic E-state index is 13.4. The van der Waals surface area contributed by atoms with Crippen molar-refractivity contribution in [3.05, 3.63) is 64.4 Å². The zero-order chi connectivity index (χ0) is 22.4. The fourth-order valence-corrected chi connectivity index (χ4v) is 3.86. The quantitative estimate of drug-likeness (QED) is 0.248. The minimum atomic E-state index is -0.438. The van der Waals surface area contributed by atoms with Crippen LogP contribution in [-0.4, -0.2) is 40.8 Å².